The molecule has 0 aliphatic heterocycles. The van der Waals surface area contributed by atoms with Crippen LogP contribution in [0, 0.1) is 13.8 Å². The zero-order chi connectivity index (χ0) is 24.5. The summed E-state index contributed by atoms with van der Waals surface area (Å²) in [7, 11) is 3.95. The standard InChI is InChI=1S/C28H42N4S/c1-10-13-18-23(12-3)27-26(25-19(4)16-14-17-20(25)5)31-28(33-27)29-21(6)24(15-11-2)30-22(7)32(8)9/h11,14-17,23-24,30H,6-7,10,12-13,18H2,1-5,8-9H3,(H,29,31)/b15-11-. The van der Waals surface area contributed by atoms with E-state index in [0.717, 1.165) is 28.8 Å². The highest BCUT2D eigenvalue weighted by Gasteiger charge is 2.23. The molecule has 0 bridgehead atoms. The Kier molecular flexibility index (Phi) is 10.2. The lowest BCUT2D eigenvalue weighted by Crippen LogP contribution is -2.35. The van der Waals surface area contributed by atoms with Gasteiger partial charge in [0.25, 0.3) is 0 Å². The molecule has 1 aromatic carbocycles. The summed E-state index contributed by atoms with van der Waals surface area (Å²) in [6.07, 6.45) is 8.87. The van der Waals surface area contributed by atoms with Gasteiger partial charge in [0.1, 0.15) is 0 Å². The molecular formula is C28H42N4S. The second-order valence-electron chi connectivity index (χ2n) is 8.89. The van der Waals surface area contributed by atoms with Crippen molar-refractivity contribution in [3.05, 3.63) is 71.0 Å². The van der Waals surface area contributed by atoms with E-state index in [1.54, 1.807) is 11.3 Å². The van der Waals surface area contributed by atoms with Gasteiger partial charge >= 0.3 is 0 Å². The smallest absolute Gasteiger partial charge is 0.187 e. The van der Waals surface area contributed by atoms with Crippen LogP contribution >= 0.6 is 11.3 Å². The summed E-state index contributed by atoms with van der Waals surface area (Å²) in [6, 6.07) is 6.41. The molecule has 0 aliphatic carbocycles. The normalized spacial score (nSPS) is 13.1. The Morgan fingerprint density at radius 3 is 2.39 bits per heavy atom. The first-order valence-corrected chi connectivity index (χ1v) is 12.8. The lowest BCUT2D eigenvalue weighted by atomic mass is 9.92. The molecule has 1 heterocycles. The molecule has 2 aromatic rings. The van der Waals surface area contributed by atoms with Crippen LogP contribution in [0.2, 0.25) is 0 Å². The first-order valence-electron chi connectivity index (χ1n) is 12.0. The fourth-order valence-electron chi connectivity index (χ4n) is 3.97. The summed E-state index contributed by atoms with van der Waals surface area (Å²) in [5, 5.41) is 7.84. The minimum atomic E-state index is -0.0806. The van der Waals surface area contributed by atoms with Gasteiger partial charge in [-0.2, -0.15) is 0 Å². The number of unbranched alkanes of at least 4 members (excludes halogenated alkanes) is 1. The third-order valence-electron chi connectivity index (χ3n) is 6.03. The van der Waals surface area contributed by atoms with E-state index in [9.17, 15) is 0 Å². The molecule has 33 heavy (non-hydrogen) atoms. The van der Waals surface area contributed by atoms with Crippen LogP contribution in [-0.4, -0.2) is 30.0 Å². The van der Waals surface area contributed by atoms with Crippen LogP contribution in [-0.2, 0) is 0 Å². The molecule has 1 aromatic heterocycles. The number of hydrogen-bond donors (Lipinski definition) is 2. The summed E-state index contributed by atoms with van der Waals surface area (Å²) in [5.74, 6) is 1.35. The maximum Gasteiger partial charge on any atom is 0.187 e. The predicted octanol–water partition coefficient (Wildman–Crippen LogP) is 7.60. The van der Waals surface area contributed by atoms with Crippen molar-refractivity contribution in [3.63, 3.8) is 0 Å². The first-order chi connectivity index (χ1) is 15.7. The van der Waals surface area contributed by atoms with E-state index in [-0.39, 0.29) is 6.04 Å². The predicted molar refractivity (Wildman–Crippen MR) is 147 cm³/mol. The Labute approximate surface area is 205 Å². The van der Waals surface area contributed by atoms with Crippen molar-refractivity contribution < 1.29 is 0 Å². The van der Waals surface area contributed by atoms with Gasteiger partial charge < -0.3 is 15.5 Å². The molecular weight excluding hydrogens is 424 g/mol. The number of benzene rings is 1. The Bertz CT molecular complexity index is 950. The number of rotatable bonds is 13. The molecule has 0 aliphatic rings. The molecule has 0 saturated carbocycles. The molecule has 0 saturated heterocycles. The molecule has 2 rings (SSSR count). The zero-order valence-corrected chi connectivity index (χ0v) is 22.4. The molecule has 2 atom stereocenters. The van der Waals surface area contributed by atoms with Gasteiger partial charge in [-0.1, -0.05) is 70.2 Å². The summed E-state index contributed by atoms with van der Waals surface area (Å²) < 4.78 is 0. The fraction of sp³-hybridized carbons (Fsp3) is 0.464. The maximum atomic E-state index is 5.14. The minimum Gasteiger partial charge on any atom is -0.365 e. The lowest BCUT2D eigenvalue weighted by Gasteiger charge is -2.24. The number of thiazole rings is 1. The van der Waals surface area contributed by atoms with Gasteiger partial charge in [0.05, 0.1) is 17.6 Å². The van der Waals surface area contributed by atoms with Crippen molar-refractivity contribution in [1.82, 2.24) is 15.2 Å². The van der Waals surface area contributed by atoms with E-state index in [2.05, 4.69) is 75.8 Å². The number of nitrogens with one attached hydrogen (secondary N) is 2. The van der Waals surface area contributed by atoms with E-state index < -0.39 is 0 Å². The van der Waals surface area contributed by atoms with Crippen molar-refractivity contribution in [2.24, 2.45) is 0 Å². The van der Waals surface area contributed by atoms with Crippen molar-refractivity contribution in [2.45, 2.75) is 72.3 Å². The average molecular weight is 467 g/mol. The molecule has 5 heteroatoms. The van der Waals surface area contributed by atoms with Crippen LogP contribution in [0.4, 0.5) is 5.13 Å². The highest BCUT2D eigenvalue weighted by atomic mass is 32.1. The van der Waals surface area contributed by atoms with Gasteiger partial charge in [-0.15, -0.1) is 11.3 Å². The van der Waals surface area contributed by atoms with Crippen LogP contribution in [0.15, 0.2) is 55.0 Å². The second-order valence-corrected chi connectivity index (χ2v) is 9.92. The Balaban J connectivity index is 2.45. The monoisotopic (exact) mass is 466 g/mol. The fourth-order valence-corrected chi connectivity index (χ4v) is 5.19. The van der Waals surface area contributed by atoms with Crippen LogP contribution in [0.1, 0.15) is 68.4 Å². The van der Waals surface area contributed by atoms with E-state index in [1.807, 2.05) is 32.0 Å². The number of allylic oxidation sites excluding steroid dienone is 1. The number of anilines is 1. The second kappa shape index (κ2) is 12.6. The molecule has 0 radical (unpaired) electrons. The minimum absolute atomic E-state index is 0.0806. The first kappa shape index (κ1) is 26.7. The molecule has 4 nitrogen and oxygen atoms in total. The van der Waals surface area contributed by atoms with Crippen LogP contribution in [0.25, 0.3) is 11.3 Å². The largest absolute Gasteiger partial charge is 0.365 e. The summed E-state index contributed by atoms with van der Waals surface area (Å²) in [6.45, 7) is 19.4. The van der Waals surface area contributed by atoms with E-state index in [0.29, 0.717) is 5.92 Å². The highest BCUT2D eigenvalue weighted by molar-refractivity contribution is 7.16. The zero-order valence-electron chi connectivity index (χ0n) is 21.6. The number of hydrogen-bond acceptors (Lipinski definition) is 5. The van der Waals surface area contributed by atoms with Crippen molar-refractivity contribution in [2.75, 3.05) is 19.4 Å². The number of aromatic nitrogens is 1. The van der Waals surface area contributed by atoms with Crippen LogP contribution in [0.3, 0.4) is 0 Å². The molecule has 0 amide bonds. The molecule has 0 spiro atoms. The number of nitrogens with zero attached hydrogens (tertiary/aromatic N) is 2. The summed E-state index contributed by atoms with van der Waals surface area (Å²) >= 11 is 1.78. The SMILES string of the molecule is C=C(Nc1nc(-c2c(C)cccc2C)c(C(CC)CCCC)s1)C(/C=C\C)NC(=C)N(C)C. The third kappa shape index (κ3) is 6.97. The van der Waals surface area contributed by atoms with Gasteiger partial charge in [0.2, 0.25) is 0 Å². The van der Waals surface area contributed by atoms with Gasteiger partial charge in [-0.25, -0.2) is 4.98 Å². The van der Waals surface area contributed by atoms with Crippen LogP contribution < -0.4 is 10.6 Å². The molecule has 2 unspecified atom stereocenters. The molecule has 180 valence electrons. The van der Waals surface area contributed by atoms with E-state index in [1.165, 1.54) is 40.8 Å². The Morgan fingerprint density at radius 1 is 1.18 bits per heavy atom. The maximum absolute atomic E-state index is 5.14. The van der Waals surface area contributed by atoms with Crippen molar-refractivity contribution in [3.8, 4) is 11.3 Å². The highest BCUT2D eigenvalue weighted by Crippen LogP contribution is 2.42. The molecule has 2 N–H and O–H groups in total. The quantitative estimate of drug-likeness (QED) is 0.298. The Hall–Kier alpha value is -2.53. The van der Waals surface area contributed by atoms with Crippen LogP contribution in [0.5, 0.6) is 0 Å². The van der Waals surface area contributed by atoms with Crippen molar-refractivity contribution in [1.29, 1.82) is 0 Å². The van der Waals surface area contributed by atoms with Gasteiger partial charge in [-0.05, 0) is 50.7 Å². The average Bonchev–Trinajstić information content (AvgIpc) is 3.16. The Morgan fingerprint density at radius 2 is 1.85 bits per heavy atom. The van der Waals surface area contributed by atoms with Crippen molar-refractivity contribution >= 4 is 16.5 Å². The summed E-state index contributed by atoms with van der Waals surface area (Å²) in [4.78, 5) is 8.48. The van der Waals surface area contributed by atoms with Gasteiger partial charge in [-0.3, -0.25) is 0 Å². The van der Waals surface area contributed by atoms with E-state index in [4.69, 9.17) is 4.98 Å². The summed E-state index contributed by atoms with van der Waals surface area (Å²) in [5.41, 5.74) is 5.79. The third-order valence-corrected chi connectivity index (χ3v) is 7.16. The van der Waals surface area contributed by atoms with Gasteiger partial charge in [0, 0.05) is 30.2 Å². The topological polar surface area (TPSA) is 40.2 Å². The lowest BCUT2D eigenvalue weighted by molar-refractivity contribution is 0.456. The van der Waals surface area contributed by atoms with E-state index >= 15 is 0 Å². The van der Waals surface area contributed by atoms with Gasteiger partial charge in [0.15, 0.2) is 5.13 Å². The molecule has 0 fully saturated rings. The number of aryl methyl sites for hydroxylation is 2.